The number of aliphatic carboxylic acids is 1. The number of hydrogen-bond donors (Lipinski definition) is 2. The van der Waals surface area contributed by atoms with E-state index in [0.29, 0.717) is 25.7 Å². The van der Waals surface area contributed by atoms with E-state index >= 15 is 0 Å². The molecule has 0 heterocycles. The van der Waals surface area contributed by atoms with Gasteiger partial charge in [-0.15, -0.1) is 0 Å². The van der Waals surface area contributed by atoms with Crippen molar-refractivity contribution in [1.82, 2.24) is 5.32 Å². The smallest absolute Gasteiger partial charge is 0.329 e. The van der Waals surface area contributed by atoms with Gasteiger partial charge in [-0.1, -0.05) is 37.6 Å². The van der Waals surface area contributed by atoms with E-state index in [1.54, 1.807) is 6.92 Å². The summed E-state index contributed by atoms with van der Waals surface area (Å²) in [6.07, 6.45) is 2.07. The number of benzene rings is 1. The molecule has 0 radical (unpaired) electrons. The Kier molecular flexibility index (Phi) is 5.74. The SMILES string of the molecule is CCCC(C)(NC(=O)CCc1ccccc1C)C(=O)O. The largest absolute Gasteiger partial charge is 0.480 e. The van der Waals surface area contributed by atoms with E-state index in [0.717, 1.165) is 11.1 Å². The van der Waals surface area contributed by atoms with E-state index in [2.05, 4.69) is 5.32 Å². The Balaban J connectivity index is 2.59. The third-order valence-electron chi connectivity index (χ3n) is 3.52. The van der Waals surface area contributed by atoms with Crippen LogP contribution in [0.5, 0.6) is 0 Å². The van der Waals surface area contributed by atoms with Gasteiger partial charge in [0.25, 0.3) is 0 Å². The minimum absolute atomic E-state index is 0.216. The van der Waals surface area contributed by atoms with Crippen molar-refractivity contribution < 1.29 is 14.7 Å². The van der Waals surface area contributed by atoms with Gasteiger partial charge in [-0.05, 0) is 37.8 Å². The lowest BCUT2D eigenvalue weighted by Crippen LogP contribution is -2.52. The monoisotopic (exact) mass is 277 g/mol. The summed E-state index contributed by atoms with van der Waals surface area (Å²) in [4.78, 5) is 23.2. The molecular weight excluding hydrogens is 254 g/mol. The van der Waals surface area contributed by atoms with Crippen molar-refractivity contribution in [3.8, 4) is 0 Å². The highest BCUT2D eigenvalue weighted by molar-refractivity contribution is 5.86. The number of carboxylic acids is 1. The lowest BCUT2D eigenvalue weighted by atomic mass is 9.95. The van der Waals surface area contributed by atoms with Crippen molar-refractivity contribution in [2.24, 2.45) is 0 Å². The van der Waals surface area contributed by atoms with Crippen LogP contribution in [0.2, 0.25) is 0 Å². The molecule has 1 unspecified atom stereocenters. The molecule has 0 aromatic heterocycles. The first-order valence-electron chi connectivity index (χ1n) is 6.98. The highest BCUT2D eigenvalue weighted by atomic mass is 16.4. The van der Waals surface area contributed by atoms with E-state index in [9.17, 15) is 14.7 Å². The maximum absolute atomic E-state index is 11.9. The molecule has 1 atom stereocenters. The zero-order valence-corrected chi connectivity index (χ0v) is 12.4. The summed E-state index contributed by atoms with van der Waals surface area (Å²) < 4.78 is 0. The average molecular weight is 277 g/mol. The Morgan fingerprint density at radius 1 is 1.30 bits per heavy atom. The van der Waals surface area contributed by atoms with Crippen molar-refractivity contribution in [3.63, 3.8) is 0 Å². The summed E-state index contributed by atoms with van der Waals surface area (Å²) in [6.45, 7) is 5.47. The number of rotatable bonds is 7. The molecule has 0 bridgehead atoms. The fourth-order valence-electron chi connectivity index (χ4n) is 2.23. The van der Waals surface area contributed by atoms with E-state index in [4.69, 9.17) is 0 Å². The first kappa shape index (κ1) is 16.2. The molecule has 1 amide bonds. The van der Waals surface area contributed by atoms with Gasteiger partial charge in [0.1, 0.15) is 5.54 Å². The summed E-state index contributed by atoms with van der Waals surface area (Å²) in [6, 6.07) is 7.90. The molecule has 110 valence electrons. The van der Waals surface area contributed by atoms with Crippen molar-refractivity contribution in [2.45, 2.75) is 52.0 Å². The minimum Gasteiger partial charge on any atom is -0.480 e. The zero-order chi connectivity index (χ0) is 15.2. The molecule has 20 heavy (non-hydrogen) atoms. The standard InChI is InChI=1S/C16H23NO3/c1-4-11-16(3,15(19)20)17-14(18)10-9-13-8-6-5-7-12(13)2/h5-8H,4,9-11H2,1-3H3,(H,17,18)(H,19,20). The Labute approximate surface area is 120 Å². The lowest BCUT2D eigenvalue weighted by molar-refractivity contribution is -0.147. The number of amides is 1. The topological polar surface area (TPSA) is 66.4 Å². The van der Waals surface area contributed by atoms with Crippen LogP contribution in [0.3, 0.4) is 0 Å². The van der Waals surface area contributed by atoms with Crippen molar-refractivity contribution >= 4 is 11.9 Å². The van der Waals surface area contributed by atoms with Crippen LogP contribution in [0.4, 0.5) is 0 Å². The molecule has 1 aromatic rings. The molecule has 1 aromatic carbocycles. The van der Waals surface area contributed by atoms with Gasteiger partial charge in [-0.25, -0.2) is 4.79 Å². The maximum Gasteiger partial charge on any atom is 0.329 e. The van der Waals surface area contributed by atoms with E-state index in [1.807, 2.05) is 38.1 Å². The fraction of sp³-hybridized carbons (Fsp3) is 0.500. The highest BCUT2D eigenvalue weighted by Gasteiger charge is 2.33. The molecule has 0 saturated carbocycles. The summed E-state index contributed by atoms with van der Waals surface area (Å²) in [5.41, 5.74) is 1.10. The average Bonchev–Trinajstić information content (AvgIpc) is 2.38. The number of carboxylic acid groups (broad SMARTS) is 1. The van der Waals surface area contributed by atoms with E-state index in [-0.39, 0.29) is 5.91 Å². The molecule has 4 nitrogen and oxygen atoms in total. The predicted molar refractivity (Wildman–Crippen MR) is 78.6 cm³/mol. The predicted octanol–water partition coefficient (Wildman–Crippen LogP) is 2.69. The van der Waals surface area contributed by atoms with E-state index < -0.39 is 11.5 Å². The van der Waals surface area contributed by atoms with Crippen LogP contribution < -0.4 is 5.32 Å². The summed E-state index contributed by atoms with van der Waals surface area (Å²) in [5, 5.41) is 11.9. The molecule has 1 rings (SSSR count). The molecule has 0 spiro atoms. The Bertz CT molecular complexity index is 484. The molecular formula is C16H23NO3. The lowest BCUT2D eigenvalue weighted by Gasteiger charge is -2.25. The number of nitrogens with one attached hydrogen (secondary N) is 1. The van der Waals surface area contributed by atoms with Gasteiger partial charge in [-0.3, -0.25) is 4.79 Å². The number of aryl methyl sites for hydroxylation is 2. The Hall–Kier alpha value is -1.84. The maximum atomic E-state index is 11.9. The van der Waals surface area contributed by atoms with Gasteiger partial charge in [0.05, 0.1) is 0 Å². The van der Waals surface area contributed by atoms with Crippen LogP contribution in [-0.2, 0) is 16.0 Å². The van der Waals surface area contributed by atoms with E-state index in [1.165, 1.54) is 0 Å². The quantitative estimate of drug-likeness (QED) is 0.805. The van der Waals surface area contributed by atoms with Crippen molar-refractivity contribution in [2.75, 3.05) is 0 Å². The van der Waals surface area contributed by atoms with Gasteiger partial charge in [0.15, 0.2) is 0 Å². The summed E-state index contributed by atoms with van der Waals surface area (Å²) in [7, 11) is 0. The van der Waals surface area contributed by atoms with Crippen LogP contribution in [0.25, 0.3) is 0 Å². The van der Waals surface area contributed by atoms with Gasteiger partial charge in [0.2, 0.25) is 5.91 Å². The van der Waals surface area contributed by atoms with Crippen molar-refractivity contribution in [3.05, 3.63) is 35.4 Å². The highest BCUT2D eigenvalue weighted by Crippen LogP contribution is 2.14. The zero-order valence-electron chi connectivity index (χ0n) is 12.4. The Morgan fingerprint density at radius 3 is 2.50 bits per heavy atom. The van der Waals surface area contributed by atoms with Crippen LogP contribution >= 0.6 is 0 Å². The van der Waals surface area contributed by atoms with Gasteiger partial charge in [-0.2, -0.15) is 0 Å². The van der Waals surface area contributed by atoms with Crippen LogP contribution in [0.15, 0.2) is 24.3 Å². The fourth-order valence-corrected chi connectivity index (χ4v) is 2.23. The molecule has 0 aliphatic carbocycles. The summed E-state index contributed by atoms with van der Waals surface area (Å²) in [5.74, 6) is -1.20. The number of carbonyl (C=O) groups is 2. The first-order valence-corrected chi connectivity index (χ1v) is 6.98. The molecule has 2 N–H and O–H groups in total. The van der Waals surface area contributed by atoms with Gasteiger partial charge in [0, 0.05) is 6.42 Å². The first-order chi connectivity index (χ1) is 9.39. The van der Waals surface area contributed by atoms with Crippen LogP contribution in [-0.4, -0.2) is 22.5 Å². The second kappa shape index (κ2) is 7.08. The number of carbonyl (C=O) groups excluding carboxylic acids is 1. The normalized spacial score (nSPS) is 13.6. The Morgan fingerprint density at radius 2 is 1.95 bits per heavy atom. The molecule has 0 saturated heterocycles. The second-order valence-corrected chi connectivity index (χ2v) is 5.36. The van der Waals surface area contributed by atoms with Crippen molar-refractivity contribution in [1.29, 1.82) is 0 Å². The van der Waals surface area contributed by atoms with Crippen LogP contribution in [0.1, 0.15) is 44.2 Å². The molecule has 0 aliphatic heterocycles. The molecule has 0 fully saturated rings. The van der Waals surface area contributed by atoms with Crippen LogP contribution in [0, 0.1) is 6.92 Å². The van der Waals surface area contributed by atoms with Gasteiger partial charge >= 0.3 is 5.97 Å². The second-order valence-electron chi connectivity index (χ2n) is 5.36. The summed E-state index contributed by atoms with van der Waals surface area (Å²) >= 11 is 0. The van der Waals surface area contributed by atoms with Gasteiger partial charge < -0.3 is 10.4 Å². The third kappa shape index (κ3) is 4.37. The molecule has 0 aliphatic rings. The third-order valence-corrected chi connectivity index (χ3v) is 3.52. The number of hydrogen-bond acceptors (Lipinski definition) is 2. The minimum atomic E-state index is -1.17. The molecule has 4 heteroatoms.